The third-order valence-electron chi connectivity index (χ3n) is 8.48. The summed E-state index contributed by atoms with van der Waals surface area (Å²) in [4.78, 5) is 13.2. The lowest BCUT2D eigenvalue weighted by Crippen LogP contribution is -2.43. The van der Waals surface area contributed by atoms with Crippen molar-refractivity contribution in [3.8, 4) is 10.6 Å². The molecule has 8 nitrogen and oxygen atoms in total. The number of sulfonamides is 1. The van der Waals surface area contributed by atoms with Crippen molar-refractivity contribution in [3.05, 3.63) is 105 Å². The van der Waals surface area contributed by atoms with Gasteiger partial charge in [0, 0.05) is 31.7 Å². The summed E-state index contributed by atoms with van der Waals surface area (Å²) in [7, 11) is -0.921. The normalized spacial score (nSPS) is 16.5. The summed E-state index contributed by atoms with van der Waals surface area (Å²) >= 11 is 14.2. The summed E-state index contributed by atoms with van der Waals surface area (Å²) in [5.74, 6) is -0.317. The third-order valence-corrected chi connectivity index (χ3v) is 11.9. The van der Waals surface area contributed by atoms with Gasteiger partial charge in [0.15, 0.2) is 0 Å². The fourth-order valence-corrected chi connectivity index (χ4v) is 8.13. The highest BCUT2D eigenvalue weighted by Gasteiger charge is 2.34. The van der Waals surface area contributed by atoms with Crippen LogP contribution in [0.2, 0.25) is 10.0 Å². The number of aromatic nitrogens is 1. The van der Waals surface area contributed by atoms with E-state index in [1.807, 2.05) is 53.9 Å². The van der Waals surface area contributed by atoms with Crippen molar-refractivity contribution in [1.82, 2.24) is 14.2 Å². The van der Waals surface area contributed by atoms with Crippen molar-refractivity contribution in [2.45, 2.75) is 42.6 Å². The van der Waals surface area contributed by atoms with Crippen LogP contribution in [0.15, 0.2) is 88.2 Å². The predicted molar refractivity (Wildman–Crippen MR) is 186 cm³/mol. The fraction of sp³-hybridized carbons (Fsp3) is 0.353. The van der Waals surface area contributed by atoms with Gasteiger partial charge in [0.25, 0.3) is 0 Å². The van der Waals surface area contributed by atoms with Crippen LogP contribution in [-0.2, 0) is 20.5 Å². The van der Waals surface area contributed by atoms with Crippen LogP contribution in [0.1, 0.15) is 42.0 Å². The molecular formula is C34H38Cl2N4O4S2. The first-order chi connectivity index (χ1) is 22.0. The Labute approximate surface area is 285 Å². The average molecular weight is 702 g/mol. The Kier molecular flexibility index (Phi) is 11.2. The molecule has 1 aliphatic heterocycles. The molecule has 0 bridgehead atoms. The van der Waals surface area contributed by atoms with Crippen LogP contribution in [0.4, 0.5) is 0 Å². The van der Waals surface area contributed by atoms with Crippen molar-refractivity contribution in [2.75, 3.05) is 40.3 Å². The smallest absolute Gasteiger partial charge is 0.243 e. The van der Waals surface area contributed by atoms with E-state index in [-0.39, 0.29) is 17.4 Å². The molecule has 46 heavy (non-hydrogen) atoms. The van der Waals surface area contributed by atoms with E-state index < -0.39 is 15.6 Å². The molecule has 0 spiro atoms. The van der Waals surface area contributed by atoms with Crippen molar-refractivity contribution >= 4 is 50.3 Å². The number of benzene rings is 2. The third kappa shape index (κ3) is 7.99. The molecule has 1 aliphatic rings. The van der Waals surface area contributed by atoms with Crippen LogP contribution >= 0.6 is 34.5 Å². The number of likely N-dealkylation sites (tertiary alicyclic amines) is 1. The highest BCUT2D eigenvalue weighted by Crippen LogP contribution is 2.35. The zero-order valence-corrected chi connectivity index (χ0v) is 29.2. The lowest BCUT2D eigenvalue weighted by molar-refractivity contribution is -0.0261. The molecule has 4 aromatic rings. The van der Waals surface area contributed by atoms with Crippen molar-refractivity contribution in [3.63, 3.8) is 0 Å². The first-order valence-electron chi connectivity index (χ1n) is 15.0. The van der Waals surface area contributed by atoms with E-state index in [1.54, 1.807) is 38.2 Å². The lowest BCUT2D eigenvalue weighted by atomic mass is 9.84. The van der Waals surface area contributed by atoms with Gasteiger partial charge in [-0.3, -0.25) is 4.98 Å². The largest absolute Gasteiger partial charge is 0.399 e. The Morgan fingerprint density at radius 1 is 1.09 bits per heavy atom. The average Bonchev–Trinajstić information content (AvgIpc) is 3.59. The van der Waals surface area contributed by atoms with E-state index in [0.717, 1.165) is 29.1 Å². The predicted octanol–water partition coefficient (Wildman–Crippen LogP) is 7.21. The highest BCUT2D eigenvalue weighted by atomic mass is 35.5. The number of halogens is 2. The summed E-state index contributed by atoms with van der Waals surface area (Å²) in [5, 5.41) is 18.5. The lowest BCUT2D eigenvalue weighted by Gasteiger charge is -2.39. The molecule has 0 aliphatic carbocycles. The number of thiophene rings is 1. The zero-order valence-electron chi connectivity index (χ0n) is 26.1. The zero-order chi connectivity index (χ0) is 32.9. The second-order valence-electron chi connectivity index (χ2n) is 11.6. The minimum absolute atomic E-state index is 0.00938. The number of hydrogen-bond donors (Lipinski definition) is 1. The van der Waals surface area contributed by atoms with E-state index >= 15 is 0 Å². The first-order valence-corrected chi connectivity index (χ1v) is 18.1. The number of nitrogens with zero attached hydrogens (tertiary/aromatic N) is 4. The molecule has 1 saturated heterocycles. The maximum absolute atomic E-state index is 13.9. The summed E-state index contributed by atoms with van der Waals surface area (Å²) in [6.07, 6.45) is 1.86. The maximum Gasteiger partial charge on any atom is 0.243 e. The van der Waals surface area contributed by atoms with Crippen LogP contribution < -0.4 is 0 Å². The van der Waals surface area contributed by atoms with Crippen molar-refractivity contribution in [2.24, 2.45) is 5.16 Å². The maximum atomic E-state index is 13.9. The van der Waals surface area contributed by atoms with Crippen LogP contribution in [0.5, 0.6) is 0 Å². The molecule has 1 atom stereocenters. The number of piperidine rings is 1. The number of aryl methyl sites for hydroxylation is 1. The summed E-state index contributed by atoms with van der Waals surface area (Å²) < 4.78 is 29.1. The first kappa shape index (κ1) is 34.5. The van der Waals surface area contributed by atoms with Gasteiger partial charge in [0.2, 0.25) is 10.0 Å². The minimum atomic E-state index is -3.92. The molecule has 3 heterocycles. The second-order valence-corrected chi connectivity index (χ2v) is 15.4. The van der Waals surface area contributed by atoms with Crippen molar-refractivity contribution < 1.29 is 18.4 Å². The van der Waals surface area contributed by atoms with E-state index in [4.69, 9.17) is 28.0 Å². The topological polar surface area (TPSA) is 95.3 Å². The molecule has 2 aromatic carbocycles. The van der Waals surface area contributed by atoms with E-state index in [9.17, 15) is 13.5 Å². The molecule has 1 unspecified atom stereocenters. The van der Waals surface area contributed by atoms with Gasteiger partial charge >= 0.3 is 0 Å². The molecule has 2 aromatic heterocycles. The minimum Gasteiger partial charge on any atom is -0.399 e. The number of oxime groups is 1. The van der Waals surface area contributed by atoms with Gasteiger partial charge in [0.1, 0.15) is 7.11 Å². The number of aliphatic hydroxyl groups is 1. The van der Waals surface area contributed by atoms with Gasteiger partial charge in [0.05, 0.1) is 43.4 Å². The van der Waals surface area contributed by atoms with Gasteiger partial charge in [-0.15, -0.1) is 11.3 Å². The summed E-state index contributed by atoms with van der Waals surface area (Å²) in [5.41, 5.74) is 2.70. The Morgan fingerprint density at radius 2 is 1.83 bits per heavy atom. The van der Waals surface area contributed by atoms with E-state index in [2.05, 4.69) is 15.0 Å². The highest BCUT2D eigenvalue weighted by molar-refractivity contribution is 7.89. The second kappa shape index (κ2) is 14.9. The molecule has 244 valence electrons. The Balaban J connectivity index is 1.37. The molecule has 0 amide bonds. The quantitative estimate of drug-likeness (QED) is 0.124. The molecule has 1 fully saturated rings. The van der Waals surface area contributed by atoms with Gasteiger partial charge in [-0.1, -0.05) is 70.8 Å². The SMILES string of the molecule is CO/N=C(/CN(C)S(=O)(=O)c1cc(C)nc(-c2cccs2)c1)C(CCN1CCC(O)(c2ccccc2)CC1)c1ccc(Cl)c(Cl)c1. The summed E-state index contributed by atoms with van der Waals surface area (Å²) in [6, 6.07) is 22.3. The van der Waals surface area contributed by atoms with Gasteiger partial charge in [-0.05, 0) is 79.6 Å². The number of hydrogen-bond acceptors (Lipinski definition) is 8. The molecule has 0 saturated carbocycles. The number of rotatable bonds is 12. The van der Waals surface area contributed by atoms with Gasteiger partial charge in [-0.25, -0.2) is 8.42 Å². The molecule has 0 radical (unpaired) electrons. The Bertz CT molecular complexity index is 1760. The standard InChI is InChI=1S/C34H38Cl2N4O4S2/c1-24-20-27(22-31(37-24)33-10-7-19-45-33)46(42,43)39(2)23-32(38-44-3)28(25-11-12-29(35)30(36)21-25)13-16-40-17-14-34(41,15-18-40)26-8-5-4-6-9-26/h4-12,19-22,28,41H,13-18,23H2,1-3H3/b38-32-. The van der Waals surface area contributed by atoms with Gasteiger partial charge < -0.3 is 14.8 Å². The van der Waals surface area contributed by atoms with Crippen LogP contribution in [0.25, 0.3) is 10.6 Å². The van der Waals surface area contributed by atoms with E-state index in [1.165, 1.54) is 22.8 Å². The Morgan fingerprint density at radius 3 is 2.48 bits per heavy atom. The molecule has 12 heteroatoms. The Hall–Kier alpha value is -2.83. The van der Waals surface area contributed by atoms with Crippen LogP contribution in [0.3, 0.4) is 0 Å². The molecular weight excluding hydrogens is 663 g/mol. The fourth-order valence-electron chi connectivity index (χ4n) is 5.90. The van der Waals surface area contributed by atoms with Gasteiger partial charge in [-0.2, -0.15) is 4.31 Å². The van der Waals surface area contributed by atoms with E-state index in [0.29, 0.717) is 53.0 Å². The number of pyridine rings is 1. The monoisotopic (exact) mass is 700 g/mol. The molecule has 1 N–H and O–H groups in total. The summed E-state index contributed by atoms with van der Waals surface area (Å²) in [6.45, 7) is 3.92. The van der Waals surface area contributed by atoms with Crippen LogP contribution in [-0.4, -0.2) is 73.8 Å². The van der Waals surface area contributed by atoms with Crippen molar-refractivity contribution in [1.29, 1.82) is 0 Å². The molecule has 5 rings (SSSR count). The van der Waals surface area contributed by atoms with Crippen LogP contribution in [0, 0.1) is 6.92 Å².